The topological polar surface area (TPSA) is 90.2 Å². The van der Waals surface area contributed by atoms with Crippen molar-refractivity contribution in [1.82, 2.24) is 4.98 Å². The summed E-state index contributed by atoms with van der Waals surface area (Å²) in [6.45, 7) is 7.12. The molecule has 7 nitrogen and oxygen atoms in total. The Hall–Kier alpha value is -4.01. The van der Waals surface area contributed by atoms with Gasteiger partial charge in [-0.05, 0) is 80.8 Å². The van der Waals surface area contributed by atoms with Crippen molar-refractivity contribution in [1.29, 1.82) is 0 Å². The van der Waals surface area contributed by atoms with Crippen molar-refractivity contribution < 1.29 is 33.0 Å². The van der Waals surface area contributed by atoms with Gasteiger partial charge in [-0.1, -0.05) is 5.16 Å². The summed E-state index contributed by atoms with van der Waals surface area (Å²) in [5.74, 6) is -1.25. The molecule has 0 bridgehead atoms. The van der Waals surface area contributed by atoms with Gasteiger partial charge in [0.15, 0.2) is 11.6 Å². The molecule has 188 valence electrons. The molecule has 9 heteroatoms. The third-order valence-electron chi connectivity index (χ3n) is 5.70. The zero-order valence-corrected chi connectivity index (χ0v) is 20.4. The number of aromatic hydroxyl groups is 1. The summed E-state index contributed by atoms with van der Waals surface area (Å²) >= 11 is 0. The zero-order valence-electron chi connectivity index (χ0n) is 20.4. The minimum Gasteiger partial charge on any atom is -0.506 e. The summed E-state index contributed by atoms with van der Waals surface area (Å²) in [4.78, 5) is 20.2. The number of hydrogen-bond donors (Lipinski definition) is 1. The molecule has 1 N–H and O–H groups in total. The summed E-state index contributed by atoms with van der Waals surface area (Å²) < 4.78 is 41.0. The van der Waals surface area contributed by atoms with Crippen LogP contribution in [0.1, 0.15) is 42.7 Å². The summed E-state index contributed by atoms with van der Waals surface area (Å²) in [6.07, 6.45) is 0.159. The number of halogens is 2. The molecule has 1 aliphatic heterocycles. The van der Waals surface area contributed by atoms with Crippen molar-refractivity contribution in [3.05, 3.63) is 70.4 Å². The molecule has 0 amide bonds. The second kappa shape index (κ2) is 10.3. The SMILES string of the molecule is Cc1cc(OCC2=NOC(=O)C2)c(F)c(C)c1Cc1ccc(O)c(-c2cc(OC(C)C)ccc2F)n1. The van der Waals surface area contributed by atoms with Gasteiger partial charge in [0, 0.05) is 17.7 Å². The minimum atomic E-state index is -0.551. The first-order chi connectivity index (χ1) is 17.1. The van der Waals surface area contributed by atoms with Crippen LogP contribution in [0, 0.1) is 25.5 Å². The highest BCUT2D eigenvalue weighted by atomic mass is 19.1. The van der Waals surface area contributed by atoms with E-state index in [1.54, 1.807) is 19.1 Å². The predicted molar refractivity (Wildman–Crippen MR) is 129 cm³/mol. The van der Waals surface area contributed by atoms with Crippen molar-refractivity contribution in [2.45, 2.75) is 46.6 Å². The van der Waals surface area contributed by atoms with Gasteiger partial charge in [-0.3, -0.25) is 0 Å². The van der Waals surface area contributed by atoms with Crippen LogP contribution < -0.4 is 9.47 Å². The van der Waals surface area contributed by atoms with E-state index in [0.29, 0.717) is 28.3 Å². The molecule has 0 fully saturated rings. The fraction of sp³-hybridized carbons (Fsp3) is 0.296. The van der Waals surface area contributed by atoms with Crippen LogP contribution in [0.4, 0.5) is 8.78 Å². The number of aryl methyl sites for hydroxylation is 1. The van der Waals surface area contributed by atoms with Crippen molar-refractivity contribution in [2.24, 2.45) is 5.16 Å². The van der Waals surface area contributed by atoms with Crippen molar-refractivity contribution >= 4 is 11.7 Å². The Balaban J connectivity index is 1.60. The van der Waals surface area contributed by atoms with Crippen LogP contribution in [0.5, 0.6) is 17.2 Å². The standard InChI is InChI=1S/C27H26F2N2O5/c1-14(2)35-19-6-7-22(28)21(12-19)27-23(32)8-5-17(30-27)10-20-15(3)9-24(26(29)16(20)4)34-13-18-11-25(33)36-31-18/h5-9,12,14,32H,10-11,13H2,1-4H3. The molecule has 0 radical (unpaired) electrons. The Morgan fingerprint density at radius 1 is 1.14 bits per heavy atom. The highest BCUT2D eigenvalue weighted by molar-refractivity contribution is 6.02. The summed E-state index contributed by atoms with van der Waals surface area (Å²) in [5, 5.41) is 14.0. The van der Waals surface area contributed by atoms with E-state index in [4.69, 9.17) is 9.47 Å². The average molecular weight is 497 g/mol. The Kier molecular flexibility index (Phi) is 7.19. The molecule has 0 unspecified atom stereocenters. The summed E-state index contributed by atoms with van der Waals surface area (Å²) in [6, 6.07) is 8.91. The second-order valence-corrected chi connectivity index (χ2v) is 8.85. The first-order valence-corrected chi connectivity index (χ1v) is 11.4. The molecular formula is C27H26F2N2O5. The third-order valence-corrected chi connectivity index (χ3v) is 5.70. The highest BCUT2D eigenvalue weighted by Gasteiger charge is 2.21. The molecule has 0 saturated carbocycles. The maximum Gasteiger partial charge on any atom is 0.340 e. The van der Waals surface area contributed by atoms with Crippen molar-refractivity contribution in [3.8, 4) is 28.5 Å². The van der Waals surface area contributed by atoms with Crippen LogP contribution in [0.3, 0.4) is 0 Å². The van der Waals surface area contributed by atoms with Gasteiger partial charge in [0.1, 0.15) is 35.3 Å². The molecule has 4 rings (SSSR count). The second-order valence-electron chi connectivity index (χ2n) is 8.85. The lowest BCUT2D eigenvalue weighted by molar-refractivity contribution is -0.140. The van der Waals surface area contributed by atoms with Crippen molar-refractivity contribution in [2.75, 3.05) is 6.61 Å². The van der Waals surface area contributed by atoms with Gasteiger partial charge in [-0.25, -0.2) is 18.6 Å². The van der Waals surface area contributed by atoms with Gasteiger partial charge in [-0.15, -0.1) is 0 Å². The zero-order chi connectivity index (χ0) is 26.0. The van der Waals surface area contributed by atoms with E-state index in [0.717, 1.165) is 5.56 Å². The lowest BCUT2D eigenvalue weighted by Gasteiger charge is -2.16. The predicted octanol–water partition coefficient (Wildman–Crippen LogP) is 5.41. The van der Waals surface area contributed by atoms with Crippen LogP contribution >= 0.6 is 0 Å². The van der Waals surface area contributed by atoms with Crippen molar-refractivity contribution in [3.63, 3.8) is 0 Å². The fourth-order valence-electron chi connectivity index (χ4n) is 3.92. The summed E-state index contributed by atoms with van der Waals surface area (Å²) in [7, 11) is 0. The lowest BCUT2D eigenvalue weighted by Crippen LogP contribution is -2.12. The van der Waals surface area contributed by atoms with E-state index < -0.39 is 17.6 Å². The number of nitrogens with zero attached hydrogens (tertiary/aromatic N) is 2. The van der Waals surface area contributed by atoms with E-state index in [1.807, 2.05) is 20.8 Å². The number of hydrogen-bond acceptors (Lipinski definition) is 7. The third kappa shape index (κ3) is 5.45. The largest absolute Gasteiger partial charge is 0.506 e. The number of rotatable bonds is 8. The normalized spacial score (nSPS) is 13.1. The van der Waals surface area contributed by atoms with Gasteiger partial charge in [0.2, 0.25) is 0 Å². The van der Waals surface area contributed by atoms with Gasteiger partial charge in [0.05, 0.1) is 12.5 Å². The van der Waals surface area contributed by atoms with Crippen LogP contribution in [-0.4, -0.2) is 34.5 Å². The van der Waals surface area contributed by atoms with Gasteiger partial charge in [-0.2, -0.15) is 0 Å². The maximum absolute atomic E-state index is 15.1. The molecule has 2 heterocycles. The fourth-order valence-corrected chi connectivity index (χ4v) is 3.92. The van der Waals surface area contributed by atoms with Gasteiger partial charge < -0.3 is 19.4 Å². The molecule has 0 spiro atoms. The molecular weight excluding hydrogens is 470 g/mol. The quantitative estimate of drug-likeness (QED) is 0.420. The number of carbonyl (C=O) groups is 1. The summed E-state index contributed by atoms with van der Waals surface area (Å²) in [5.41, 5.74) is 2.91. The Morgan fingerprint density at radius 2 is 1.92 bits per heavy atom. The molecule has 1 aliphatic rings. The monoisotopic (exact) mass is 496 g/mol. The molecule has 3 aromatic rings. The van der Waals surface area contributed by atoms with E-state index in [9.17, 15) is 14.3 Å². The lowest BCUT2D eigenvalue weighted by atomic mass is 9.96. The van der Waals surface area contributed by atoms with Gasteiger partial charge in [0.25, 0.3) is 0 Å². The number of aromatic nitrogens is 1. The van der Waals surface area contributed by atoms with Gasteiger partial charge >= 0.3 is 5.97 Å². The van der Waals surface area contributed by atoms with E-state index >= 15 is 4.39 Å². The molecule has 0 aliphatic carbocycles. The van der Waals surface area contributed by atoms with Crippen LogP contribution in [0.15, 0.2) is 41.6 Å². The smallest absolute Gasteiger partial charge is 0.340 e. The minimum absolute atomic E-state index is 0.0135. The number of ether oxygens (including phenoxy) is 2. The number of carbonyl (C=O) groups excluding carboxylic acids is 1. The average Bonchev–Trinajstić information content (AvgIpc) is 3.25. The molecule has 1 aromatic heterocycles. The van der Waals surface area contributed by atoms with Crippen LogP contribution in [0.2, 0.25) is 0 Å². The Bertz CT molecular complexity index is 1350. The number of oxime groups is 1. The molecule has 36 heavy (non-hydrogen) atoms. The maximum atomic E-state index is 15.1. The number of pyridine rings is 1. The number of benzene rings is 2. The molecule has 0 saturated heterocycles. The first-order valence-electron chi connectivity index (χ1n) is 11.4. The first kappa shape index (κ1) is 25.1. The molecule has 2 aromatic carbocycles. The Labute approximate surface area is 207 Å². The van der Waals surface area contributed by atoms with Crippen LogP contribution in [0.25, 0.3) is 11.3 Å². The van der Waals surface area contributed by atoms with E-state index in [2.05, 4.69) is 15.0 Å². The highest BCUT2D eigenvalue weighted by Crippen LogP contribution is 2.34. The van der Waals surface area contributed by atoms with E-state index in [1.165, 1.54) is 24.3 Å². The molecule has 0 atom stereocenters. The Morgan fingerprint density at radius 3 is 2.61 bits per heavy atom. The van der Waals surface area contributed by atoms with E-state index in [-0.39, 0.29) is 48.3 Å². The van der Waals surface area contributed by atoms with Crippen LogP contribution in [-0.2, 0) is 16.1 Å².